The van der Waals surface area contributed by atoms with Gasteiger partial charge in [-0.15, -0.1) is 10.2 Å². The summed E-state index contributed by atoms with van der Waals surface area (Å²) in [4.78, 5) is 12.8. The Hall–Kier alpha value is -1.38. The van der Waals surface area contributed by atoms with Gasteiger partial charge in [0, 0.05) is 10.0 Å². The molecule has 1 aromatic carbocycles. The maximum atomic E-state index is 14.0. The van der Waals surface area contributed by atoms with Crippen molar-refractivity contribution in [3.8, 4) is 10.6 Å². The van der Waals surface area contributed by atoms with Gasteiger partial charge in [0.2, 0.25) is 11.0 Å². The molecule has 2 heterocycles. The number of carbonyl (C=O) groups excluding carboxylic acids is 1. The molecular formula is C18H20BrFN4OS. The first-order valence-electron chi connectivity index (χ1n) is 8.95. The van der Waals surface area contributed by atoms with E-state index < -0.39 is 0 Å². The molecule has 26 heavy (non-hydrogen) atoms. The summed E-state index contributed by atoms with van der Waals surface area (Å²) in [7, 11) is 0. The highest BCUT2D eigenvalue weighted by atomic mass is 79.9. The topological polar surface area (TPSA) is 66.9 Å². The molecule has 1 aromatic heterocycles. The number of aromatic nitrogens is 2. The van der Waals surface area contributed by atoms with Gasteiger partial charge in [-0.1, -0.05) is 46.5 Å². The van der Waals surface area contributed by atoms with E-state index in [9.17, 15) is 9.18 Å². The Bertz CT molecular complexity index is 812. The van der Waals surface area contributed by atoms with Crippen molar-refractivity contribution in [2.45, 2.75) is 38.1 Å². The number of rotatable bonds is 3. The minimum Gasteiger partial charge on any atom is -0.306 e. The van der Waals surface area contributed by atoms with Crippen LogP contribution in [0.5, 0.6) is 0 Å². The third-order valence-electron chi connectivity index (χ3n) is 5.37. The molecule has 2 N–H and O–H groups in total. The third kappa shape index (κ3) is 3.68. The first-order chi connectivity index (χ1) is 12.6. The lowest BCUT2D eigenvalue weighted by molar-refractivity contribution is -0.121. The quantitative estimate of drug-likeness (QED) is 0.752. The van der Waals surface area contributed by atoms with Crippen LogP contribution in [0.4, 0.5) is 9.52 Å². The Balaban J connectivity index is 1.48. The molecule has 3 atom stereocenters. The van der Waals surface area contributed by atoms with Gasteiger partial charge in [0.1, 0.15) is 5.82 Å². The molecule has 1 aliphatic carbocycles. The van der Waals surface area contributed by atoms with Crippen molar-refractivity contribution in [2.24, 2.45) is 11.8 Å². The third-order valence-corrected chi connectivity index (χ3v) is 6.74. The van der Waals surface area contributed by atoms with Crippen LogP contribution >= 0.6 is 27.3 Å². The monoisotopic (exact) mass is 438 g/mol. The van der Waals surface area contributed by atoms with E-state index in [0.29, 0.717) is 27.5 Å². The predicted molar refractivity (Wildman–Crippen MR) is 103 cm³/mol. The highest BCUT2D eigenvalue weighted by molar-refractivity contribution is 9.10. The number of amides is 1. The van der Waals surface area contributed by atoms with E-state index >= 15 is 0 Å². The van der Waals surface area contributed by atoms with E-state index in [-0.39, 0.29) is 17.8 Å². The van der Waals surface area contributed by atoms with Crippen molar-refractivity contribution in [2.75, 3.05) is 11.9 Å². The normalized spacial score (nSPS) is 25.5. The molecule has 3 unspecified atom stereocenters. The largest absolute Gasteiger partial charge is 0.306 e. The van der Waals surface area contributed by atoms with E-state index in [0.717, 1.165) is 23.9 Å². The van der Waals surface area contributed by atoms with Crippen molar-refractivity contribution in [1.29, 1.82) is 0 Å². The number of anilines is 1. The lowest BCUT2D eigenvalue weighted by atomic mass is 9.71. The fraction of sp³-hybridized carbons (Fsp3) is 0.500. The number of halogens is 2. The highest BCUT2D eigenvalue weighted by Crippen LogP contribution is 2.37. The minimum atomic E-state index is -0.360. The zero-order chi connectivity index (χ0) is 18.1. The Morgan fingerprint density at radius 2 is 2.12 bits per heavy atom. The standard InChI is InChI=1S/C18H20BrFN4OS/c19-11-5-6-14(20)13(9-11)17-23-24-18(26-17)22-16(25)15-12-4-2-1-3-10(12)7-8-21-15/h5-6,9-10,12,15,21H,1-4,7-8H2,(H,22,24,25). The van der Waals surface area contributed by atoms with E-state index in [1.165, 1.54) is 36.7 Å². The lowest BCUT2D eigenvalue weighted by Crippen LogP contribution is -2.53. The van der Waals surface area contributed by atoms with Crippen molar-refractivity contribution in [1.82, 2.24) is 15.5 Å². The van der Waals surface area contributed by atoms with Crippen LogP contribution in [0.25, 0.3) is 10.6 Å². The van der Waals surface area contributed by atoms with Gasteiger partial charge in [0.15, 0.2) is 5.01 Å². The van der Waals surface area contributed by atoms with Crippen LogP contribution in [0.15, 0.2) is 22.7 Å². The fourth-order valence-corrected chi connectivity index (χ4v) is 5.25. The number of nitrogens with one attached hydrogen (secondary N) is 2. The molecule has 1 saturated carbocycles. The fourth-order valence-electron chi connectivity index (χ4n) is 4.12. The smallest absolute Gasteiger partial charge is 0.243 e. The number of benzene rings is 1. The lowest BCUT2D eigenvalue weighted by Gasteiger charge is -2.41. The van der Waals surface area contributed by atoms with E-state index in [1.807, 2.05) is 0 Å². The molecule has 0 spiro atoms. The van der Waals surface area contributed by atoms with Gasteiger partial charge in [0.25, 0.3) is 0 Å². The zero-order valence-corrected chi connectivity index (χ0v) is 16.6. The zero-order valence-electron chi connectivity index (χ0n) is 14.2. The van der Waals surface area contributed by atoms with Gasteiger partial charge in [0.05, 0.1) is 6.04 Å². The van der Waals surface area contributed by atoms with Crippen LogP contribution < -0.4 is 10.6 Å². The summed E-state index contributed by atoms with van der Waals surface area (Å²) < 4.78 is 14.8. The first-order valence-corrected chi connectivity index (χ1v) is 10.6. The van der Waals surface area contributed by atoms with E-state index in [1.54, 1.807) is 12.1 Å². The summed E-state index contributed by atoms with van der Waals surface area (Å²) in [6.07, 6.45) is 5.94. The maximum absolute atomic E-state index is 14.0. The number of hydrogen-bond acceptors (Lipinski definition) is 5. The van der Waals surface area contributed by atoms with Crippen LogP contribution in [-0.4, -0.2) is 28.7 Å². The molecule has 4 rings (SSSR count). The predicted octanol–water partition coefficient (Wildman–Crippen LogP) is 4.21. The van der Waals surface area contributed by atoms with Crippen molar-refractivity contribution in [3.05, 3.63) is 28.5 Å². The van der Waals surface area contributed by atoms with Crippen LogP contribution in [-0.2, 0) is 4.79 Å². The number of hydrogen-bond donors (Lipinski definition) is 2. The SMILES string of the molecule is O=C(Nc1nnc(-c2cc(Br)ccc2F)s1)C1NCCC2CCCCC21. The van der Waals surface area contributed by atoms with Gasteiger partial charge < -0.3 is 5.32 Å². The summed E-state index contributed by atoms with van der Waals surface area (Å²) in [5, 5.41) is 15.2. The summed E-state index contributed by atoms with van der Waals surface area (Å²) in [6, 6.07) is 4.51. The molecular weight excluding hydrogens is 419 g/mol. The Morgan fingerprint density at radius 1 is 1.27 bits per heavy atom. The van der Waals surface area contributed by atoms with Gasteiger partial charge >= 0.3 is 0 Å². The van der Waals surface area contributed by atoms with Crippen LogP contribution in [0.1, 0.15) is 32.1 Å². The summed E-state index contributed by atoms with van der Waals surface area (Å²) in [5.74, 6) is 0.620. The molecule has 0 radical (unpaired) electrons. The Morgan fingerprint density at radius 3 is 3.00 bits per heavy atom. The Kier molecular flexibility index (Phi) is 5.33. The number of carbonyl (C=O) groups is 1. The molecule has 1 aliphatic heterocycles. The van der Waals surface area contributed by atoms with E-state index in [2.05, 4.69) is 36.8 Å². The number of nitrogens with zero attached hydrogens (tertiary/aromatic N) is 2. The van der Waals surface area contributed by atoms with Crippen molar-refractivity contribution in [3.63, 3.8) is 0 Å². The van der Waals surface area contributed by atoms with Gasteiger partial charge in [-0.25, -0.2) is 4.39 Å². The summed E-state index contributed by atoms with van der Waals surface area (Å²) in [6.45, 7) is 0.879. The maximum Gasteiger partial charge on any atom is 0.243 e. The molecule has 2 aliphatic rings. The molecule has 8 heteroatoms. The van der Waals surface area contributed by atoms with Crippen LogP contribution in [0.3, 0.4) is 0 Å². The van der Waals surface area contributed by atoms with Gasteiger partial charge in [-0.2, -0.15) is 0 Å². The van der Waals surface area contributed by atoms with Gasteiger partial charge in [-0.05, 0) is 49.4 Å². The van der Waals surface area contributed by atoms with Crippen LogP contribution in [0, 0.1) is 17.7 Å². The summed E-state index contributed by atoms with van der Waals surface area (Å²) in [5.41, 5.74) is 0.375. The highest BCUT2D eigenvalue weighted by Gasteiger charge is 2.38. The first kappa shape index (κ1) is 18.0. The molecule has 138 valence electrons. The Labute approximate surface area is 163 Å². The van der Waals surface area contributed by atoms with Gasteiger partial charge in [-0.3, -0.25) is 10.1 Å². The molecule has 1 amide bonds. The van der Waals surface area contributed by atoms with Crippen LogP contribution in [0.2, 0.25) is 0 Å². The second-order valence-corrected chi connectivity index (χ2v) is 8.85. The molecule has 0 bridgehead atoms. The van der Waals surface area contributed by atoms with Crippen molar-refractivity contribution >= 4 is 38.3 Å². The average molecular weight is 439 g/mol. The number of piperidine rings is 1. The summed E-state index contributed by atoms with van der Waals surface area (Å²) >= 11 is 4.52. The second kappa shape index (κ2) is 7.70. The molecule has 2 fully saturated rings. The molecule has 5 nitrogen and oxygen atoms in total. The minimum absolute atomic E-state index is 0.0565. The van der Waals surface area contributed by atoms with E-state index in [4.69, 9.17) is 0 Å². The number of fused-ring (bicyclic) bond motifs is 1. The molecule has 2 aromatic rings. The van der Waals surface area contributed by atoms with Crippen molar-refractivity contribution < 1.29 is 9.18 Å². The second-order valence-electron chi connectivity index (χ2n) is 6.95. The molecule has 1 saturated heterocycles. The average Bonchev–Trinajstić information content (AvgIpc) is 3.11.